The number of esters is 1. The third kappa shape index (κ3) is 3.98. The summed E-state index contributed by atoms with van der Waals surface area (Å²) in [7, 11) is -3.58. The molecule has 6 nitrogen and oxygen atoms in total. The van der Waals surface area contributed by atoms with E-state index in [2.05, 4.69) is 4.72 Å². The maximum atomic E-state index is 12.8. The molecule has 4 bridgehead atoms. The van der Waals surface area contributed by atoms with Crippen molar-refractivity contribution in [3.63, 3.8) is 0 Å². The zero-order chi connectivity index (χ0) is 19.1. The average Bonchev–Trinajstić information content (AvgIpc) is 3.14. The Kier molecular flexibility index (Phi) is 5.16. The van der Waals surface area contributed by atoms with Gasteiger partial charge in [-0.3, -0.25) is 9.59 Å². The second kappa shape index (κ2) is 7.29. The van der Waals surface area contributed by atoms with E-state index in [1.165, 1.54) is 25.3 Å². The lowest BCUT2D eigenvalue weighted by Crippen LogP contribution is -2.51. The Morgan fingerprint density at radius 2 is 1.78 bits per heavy atom. The number of carbonyl (C=O) groups is 2. The first-order valence-corrected chi connectivity index (χ1v) is 11.9. The van der Waals surface area contributed by atoms with Gasteiger partial charge in [-0.15, -0.1) is 11.3 Å². The third-order valence-corrected chi connectivity index (χ3v) is 9.23. The highest BCUT2D eigenvalue weighted by Crippen LogP contribution is 2.60. The molecule has 0 unspecified atom stereocenters. The van der Waals surface area contributed by atoms with E-state index in [9.17, 15) is 18.0 Å². The second-order valence-corrected chi connectivity index (χ2v) is 11.3. The smallest absolute Gasteiger partial charge is 0.307 e. The summed E-state index contributed by atoms with van der Waals surface area (Å²) < 4.78 is 31.8. The molecule has 0 saturated heterocycles. The molecule has 4 aliphatic rings. The molecule has 1 heterocycles. The van der Waals surface area contributed by atoms with Gasteiger partial charge in [0.1, 0.15) is 4.21 Å². The highest BCUT2D eigenvalue weighted by atomic mass is 32.2. The van der Waals surface area contributed by atoms with E-state index < -0.39 is 16.0 Å². The van der Waals surface area contributed by atoms with Gasteiger partial charge in [-0.25, -0.2) is 13.1 Å². The first kappa shape index (κ1) is 19.1. The van der Waals surface area contributed by atoms with Crippen LogP contribution in [0.2, 0.25) is 0 Å². The molecule has 0 radical (unpaired) electrons. The normalized spacial score (nSPS) is 31.8. The Bertz CT molecular complexity index is 780. The molecular formula is C19H25NO5S2. The SMILES string of the molecule is O=C(CCNS(=O)(=O)c1cccs1)OCC(=O)C12CC3CC(CC(C3)C1)C2. The van der Waals surface area contributed by atoms with E-state index in [0.717, 1.165) is 30.6 Å². The minimum Gasteiger partial charge on any atom is -0.458 e. The summed E-state index contributed by atoms with van der Waals surface area (Å²) >= 11 is 1.12. The molecule has 0 aromatic carbocycles. The van der Waals surface area contributed by atoms with Gasteiger partial charge in [-0.2, -0.15) is 0 Å². The Morgan fingerprint density at radius 1 is 1.15 bits per heavy atom. The van der Waals surface area contributed by atoms with Gasteiger partial charge >= 0.3 is 5.97 Å². The molecule has 4 saturated carbocycles. The number of Topliss-reactive ketones (excluding diaryl/α,β-unsaturated/α-hetero) is 1. The summed E-state index contributed by atoms with van der Waals surface area (Å²) in [5.41, 5.74) is -0.268. The second-order valence-electron chi connectivity index (χ2n) is 8.36. The molecule has 1 aromatic rings. The number of hydrogen-bond donors (Lipinski definition) is 1. The van der Waals surface area contributed by atoms with Gasteiger partial charge in [0.05, 0.1) is 6.42 Å². The lowest BCUT2D eigenvalue weighted by Gasteiger charge is -2.55. The molecule has 8 heteroatoms. The average molecular weight is 412 g/mol. The Morgan fingerprint density at radius 3 is 2.33 bits per heavy atom. The zero-order valence-corrected chi connectivity index (χ0v) is 16.8. The van der Waals surface area contributed by atoms with Crippen LogP contribution in [0.5, 0.6) is 0 Å². The highest BCUT2D eigenvalue weighted by molar-refractivity contribution is 7.91. The largest absolute Gasteiger partial charge is 0.458 e. The van der Waals surface area contributed by atoms with Crippen LogP contribution in [-0.4, -0.2) is 33.3 Å². The van der Waals surface area contributed by atoms with Gasteiger partial charge in [0.2, 0.25) is 10.0 Å². The topological polar surface area (TPSA) is 89.5 Å². The molecule has 4 fully saturated rings. The van der Waals surface area contributed by atoms with Crippen molar-refractivity contribution in [1.29, 1.82) is 0 Å². The van der Waals surface area contributed by atoms with Crippen LogP contribution >= 0.6 is 11.3 Å². The minimum atomic E-state index is -3.58. The molecule has 148 valence electrons. The lowest BCUT2D eigenvalue weighted by atomic mass is 9.48. The molecule has 1 N–H and O–H groups in total. The molecule has 27 heavy (non-hydrogen) atoms. The number of nitrogens with one attached hydrogen (secondary N) is 1. The van der Waals surface area contributed by atoms with E-state index in [4.69, 9.17) is 4.74 Å². The summed E-state index contributed by atoms with van der Waals surface area (Å²) in [6.45, 7) is -0.215. The van der Waals surface area contributed by atoms with Crippen LogP contribution in [0.1, 0.15) is 44.9 Å². The summed E-state index contributed by atoms with van der Waals surface area (Å²) in [5, 5.41) is 1.68. The molecule has 0 atom stereocenters. The predicted octanol–water partition coefficient (Wildman–Crippen LogP) is 2.75. The number of thiophene rings is 1. The van der Waals surface area contributed by atoms with E-state index in [1.54, 1.807) is 11.4 Å². The lowest BCUT2D eigenvalue weighted by molar-refractivity contribution is -0.157. The number of ether oxygens (including phenoxy) is 1. The van der Waals surface area contributed by atoms with Gasteiger partial charge in [0.15, 0.2) is 12.4 Å². The quantitative estimate of drug-likeness (QED) is 0.665. The van der Waals surface area contributed by atoms with Gasteiger partial charge < -0.3 is 4.74 Å². The number of ketones is 1. The molecule has 4 aliphatic carbocycles. The first-order chi connectivity index (χ1) is 12.9. The van der Waals surface area contributed by atoms with Crippen LogP contribution in [0.25, 0.3) is 0 Å². The molecule has 0 spiro atoms. The van der Waals surface area contributed by atoms with Crippen molar-refractivity contribution in [3.8, 4) is 0 Å². The molecule has 5 rings (SSSR count). The summed E-state index contributed by atoms with van der Waals surface area (Å²) in [6, 6.07) is 3.17. The maximum absolute atomic E-state index is 12.8. The molecule has 1 aromatic heterocycles. The van der Waals surface area contributed by atoms with Crippen molar-refractivity contribution in [2.45, 2.75) is 49.2 Å². The fourth-order valence-corrected chi connectivity index (χ4v) is 7.67. The van der Waals surface area contributed by atoms with Crippen molar-refractivity contribution in [1.82, 2.24) is 4.72 Å². The van der Waals surface area contributed by atoms with Crippen LogP contribution < -0.4 is 4.72 Å². The first-order valence-electron chi connectivity index (χ1n) is 9.58. The highest BCUT2D eigenvalue weighted by Gasteiger charge is 2.54. The Hall–Kier alpha value is -1.25. The van der Waals surface area contributed by atoms with E-state index in [-0.39, 0.29) is 35.0 Å². The number of hydrogen-bond acceptors (Lipinski definition) is 6. The zero-order valence-electron chi connectivity index (χ0n) is 15.2. The van der Waals surface area contributed by atoms with Crippen LogP contribution in [0.4, 0.5) is 0 Å². The molecule has 0 amide bonds. The van der Waals surface area contributed by atoms with Gasteiger partial charge in [0, 0.05) is 12.0 Å². The molecule has 0 aliphatic heterocycles. The van der Waals surface area contributed by atoms with E-state index in [1.807, 2.05) is 0 Å². The molecular weight excluding hydrogens is 386 g/mol. The summed E-state index contributed by atoms with van der Waals surface area (Å²) in [4.78, 5) is 24.7. The minimum absolute atomic E-state index is 0.0371. The monoisotopic (exact) mass is 411 g/mol. The predicted molar refractivity (Wildman–Crippen MR) is 101 cm³/mol. The summed E-state index contributed by atoms with van der Waals surface area (Å²) in [5.74, 6) is 1.53. The van der Waals surface area contributed by atoms with E-state index in [0.29, 0.717) is 17.8 Å². The van der Waals surface area contributed by atoms with Crippen molar-refractivity contribution in [2.24, 2.45) is 23.2 Å². The number of sulfonamides is 1. The van der Waals surface area contributed by atoms with Gasteiger partial charge in [-0.1, -0.05) is 6.07 Å². The maximum Gasteiger partial charge on any atom is 0.307 e. The summed E-state index contributed by atoms with van der Waals surface area (Å²) in [6.07, 6.45) is 6.56. The van der Waals surface area contributed by atoms with Crippen LogP contribution in [0.15, 0.2) is 21.7 Å². The third-order valence-electron chi connectivity index (χ3n) is 6.38. The van der Waals surface area contributed by atoms with Crippen LogP contribution in [-0.2, 0) is 24.3 Å². The van der Waals surface area contributed by atoms with Crippen molar-refractivity contribution < 1.29 is 22.7 Å². The van der Waals surface area contributed by atoms with Crippen LogP contribution in [0.3, 0.4) is 0 Å². The van der Waals surface area contributed by atoms with Crippen molar-refractivity contribution in [2.75, 3.05) is 13.2 Å². The fourth-order valence-electron chi connectivity index (χ4n) is 5.60. The Balaban J connectivity index is 1.23. The van der Waals surface area contributed by atoms with Crippen molar-refractivity contribution in [3.05, 3.63) is 17.5 Å². The van der Waals surface area contributed by atoms with Crippen LogP contribution in [0, 0.1) is 23.2 Å². The standard InChI is InChI=1S/C19H25NO5S2/c21-16(19-9-13-6-14(10-19)8-15(7-13)11-19)12-25-17(22)3-4-20-27(23,24)18-2-1-5-26-18/h1-2,5,13-15,20H,3-4,6-12H2. The van der Waals surface area contributed by atoms with Crippen molar-refractivity contribution >= 4 is 33.1 Å². The van der Waals surface area contributed by atoms with Gasteiger partial charge in [-0.05, 0) is 67.7 Å². The number of carbonyl (C=O) groups excluding carboxylic acids is 2. The van der Waals surface area contributed by atoms with Gasteiger partial charge in [0.25, 0.3) is 0 Å². The number of rotatable bonds is 8. The Labute approximate surface area is 163 Å². The fraction of sp³-hybridized carbons (Fsp3) is 0.684. The van der Waals surface area contributed by atoms with E-state index >= 15 is 0 Å².